The van der Waals surface area contributed by atoms with Crippen LogP contribution in [0.1, 0.15) is 12.8 Å². The first-order valence-electron chi connectivity index (χ1n) is 10.1. The van der Waals surface area contributed by atoms with Crippen LogP contribution in [-0.2, 0) is 9.47 Å². The molecule has 2 aliphatic rings. The molecule has 8 nitrogen and oxygen atoms in total. The molecular formula is C24H20N4O4. The third-order valence-corrected chi connectivity index (χ3v) is 5.11. The Morgan fingerprint density at radius 3 is 2.94 bits per heavy atom. The molecule has 160 valence electrons. The molecule has 3 heterocycles. The maximum atomic E-state index is 12.7. The molecule has 0 amide bonds. The lowest BCUT2D eigenvalue weighted by atomic mass is 10.0. The van der Waals surface area contributed by atoms with Gasteiger partial charge in [-0.2, -0.15) is 14.9 Å². The molecule has 0 fully saturated rings. The zero-order valence-electron chi connectivity index (χ0n) is 17.3. The van der Waals surface area contributed by atoms with E-state index < -0.39 is 0 Å². The van der Waals surface area contributed by atoms with Gasteiger partial charge < -0.3 is 14.2 Å². The van der Waals surface area contributed by atoms with Crippen LogP contribution in [0.15, 0.2) is 95.7 Å². The molecule has 0 unspecified atom stereocenters. The average Bonchev–Trinajstić information content (AvgIpc) is 3.35. The van der Waals surface area contributed by atoms with Crippen molar-refractivity contribution in [2.24, 2.45) is 0 Å². The molecule has 0 N–H and O–H groups in total. The average molecular weight is 428 g/mol. The summed E-state index contributed by atoms with van der Waals surface area (Å²) in [5.74, 6) is 1.65. The second-order valence-electron chi connectivity index (χ2n) is 7.14. The van der Waals surface area contributed by atoms with Crippen molar-refractivity contribution >= 4 is 5.88 Å². The van der Waals surface area contributed by atoms with Gasteiger partial charge in [-0.3, -0.25) is 4.79 Å². The van der Waals surface area contributed by atoms with Gasteiger partial charge in [0.1, 0.15) is 17.7 Å². The second kappa shape index (κ2) is 8.43. The molecule has 0 saturated carbocycles. The van der Waals surface area contributed by atoms with Crippen molar-refractivity contribution < 1.29 is 14.2 Å². The number of benzene rings is 1. The number of allylic oxidation sites excluding steroid dienone is 4. The number of nitrogens with zero attached hydrogens (tertiary/aromatic N) is 4. The molecule has 32 heavy (non-hydrogen) atoms. The van der Waals surface area contributed by atoms with Crippen LogP contribution < -0.4 is 10.2 Å². The van der Waals surface area contributed by atoms with E-state index in [1.165, 1.54) is 17.0 Å². The quantitative estimate of drug-likeness (QED) is 0.611. The van der Waals surface area contributed by atoms with Crippen molar-refractivity contribution in [3.05, 3.63) is 101 Å². The van der Waals surface area contributed by atoms with Gasteiger partial charge in [0.2, 0.25) is 5.43 Å². The first-order chi connectivity index (χ1) is 15.7. The molecule has 0 atom stereocenters. The van der Waals surface area contributed by atoms with E-state index in [1.54, 1.807) is 36.5 Å². The molecule has 0 spiro atoms. The molecule has 2 aromatic heterocycles. The first-order valence-corrected chi connectivity index (χ1v) is 10.1. The van der Waals surface area contributed by atoms with Gasteiger partial charge in [-0.1, -0.05) is 24.3 Å². The van der Waals surface area contributed by atoms with E-state index in [9.17, 15) is 4.79 Å². The molecule has 8 heteroatoms. The summed E-state index contributed by atoms with van der Waals surface area (Å²) in [6.07, 6.45) is 14.1. The van der Waals surface area contributed by atoms with Gasteiger partial charge in [-0.15, -0.1) is 0 Å². The summed E-state index contributed by atoms with van der Waals surface area (Å²) in [7, 11) is 1.60. The van der Waals surface area contributed by atoms with Gasteiger partial charge >= 0.3 is 0 Å². The molecule has 0 bridgehead atoms. The number of ether oxygens (including phenoxy) is 3. The molecule has 0 saturated heterocycles. The van der Waals surface area contributed by atoms with E-state index in [-0.39, 0.29) is 11.1 Å². The number of rotatable bonds is 5. The molecule has 5 rings (SSSR count). The Kier molecular flexibility index (Phi) is 5.17. The van der Waals surface area contributed by atoms with Gasteiger partial charge in [0, 0.05) is 18.3 Å². The highest BCUT2D eigenvalue weighted by molar-refractivity contribution is 5.60. The monoisotopic (exact) mass is 428 g/mol. The minimum absolute atomic E-state index is 0.230. The van der Waals surface area contributed by atoms with Crippen LogP contribution in [0.5, 0.6) is 5.75 Å². The van der Waals surface area contributed by atoms with Gasteiger partial charge in [-0.05, 0) is 36.6 Å². The molecule has 3 aromatic rings. The van der Waals surface area contributed by atoms with Crippen LogP contribution in [0.3, 0.4) is 0 Å². The Labute approximate surface area is 184 Å². The smallest absolute Gasteiger partial charge is 0.257 e. The Balaban J connectivity index is 1.50. The maximum Gasteiger partial charge on any atom is 0.257 e. The third kappa shape index (κ3) is 3.74. The van der Waals surface area contributed by atoms with E-state index in [0.717, 1.165) is 24.1 Å². The van der Waals surface area contributed by atoms with Crippen molar-refractivity contribution in [1.82, 2.24) is 19.6 Å². The van der Waals surface area contributed by atoms with E-state index in [4.69, 9.17) is 14.2 Å². The number of methoxy groups -OCH3 is 1. The highest BCUT2D eigenvalue weighted by Crippen LogP contribution is 2.29. The number of hydrogen-bond donors (Lipinski definition) is 0. The fourth-order valence-electron chi connectivity index (χ4n) is 3.50. The number of aromatic nitrogens is 4. The minimum Gasteiger partial charge on any atom is -0.497 e. The topological polar surface area (TPSA) is 80.4 Å². The lowest BCUT2D eigenvalue weighted by molar-refractivity contribution is 0.265. The summed E-state index contributed by atoms with van der Waals surface area (Å²) in [6.45, 7) is 0. The fraction of sp³-hybridized carbons (Fsp3) is 0.125. The van der Waals surface area contributed by atoms with Crippen molar-refractivity contribution in [3.63, 3.8) is 0 Å². The lowest BCUT2D eigenvalue weighted by Gasteiger charge is -2.20. The highest BCUT2D eigenvalue weighted by atomic mass is 16.6. The summed E-state index contributed by atoms with van der Waals surface area (Å²) in [5, 5.41) is 8.90. The second-order valence-corrected chi connectivity index (χ2v) is 7.14. The lowest BCUT2D eigenvalue weighted by Crippen LogP contribution is -2.16. The van der Waals surface area contributed by atoms with Crippen molar-refractivity contribution in [3.8, 4) is 22.8 Å². The first kappa shape index (κ1) is 19.6. The summed E-state index contributed by atoms with van der Waals surface area (Å²) in [6, 6.07) is 10.6. The fourth-order valence-corrected chi connectivity index (χ4v) is 3.50. The van der Waals surface area contributed by atoms with Crippen molar-refractivity contribution in [2.45, 2.75) is 12.8 Å². The Hall–Kier alpha value is -4.33. The van der Waals surface area contributed by atoms with E-state index in [1.807, 2.05) is 36.4 Å². The normalized spacial score (nSPS) is 15.2. The zero-order chi connectivity index (χ0) is 21.9. The van der Waals surface area contributed by atoms with Crippen LogP contribution in [0.4, 0.5) is 0 Å². The van der Waals surface area contributed by atoms with Gasteiger partial charge in [0.15, 0.2) is 17.7 Å². The Morgan fingerprint density at radius 2 is 2.09 bits per heavy atom. The van der Waals surface area contributed by atoms with Crippen molar-refractivity contribution in [2.75, 3.05) is 7.11 Å². The minimum atomic E-state index is -0.237. The standard InChI is InChI=1S/C24H20N4O4/c1-30-19-9-5-8-18(14-19)27-13-11-21(29)24(26-27)20-10-12-25-28(20)23-16-31-15-22(32-23)17-6-3-2-4-7-17/h2-3,5-6,8-16H,4,7H2,1H3. The van der Waals surface area contributed by atoms with Crippen LogP contribution in [-0.4, -0.2) is 26.7 Å². The van der Waals surface area contributed by atoms with Crippen LogP contribution in [0.2, 0.25) is 0 Å². The van der Waals surface area contributed by atoms with Crippen LogP contribution >= 0.6 is 0 Å². The van der Waals surface area contributed by atoms with Crippen molar-refractivity contribution in [1.29, 1.82) is 0 Å². The number of hydrogen-bond acceptors (Lipinski definition) is 6. The van der Waals surface area contributed by atoms with Crippen LogP contribution in [0.25, 0.3) is 23.0 Å². The Bertz CT molecular complexity index is 1340. The predicted molar refractivity (Wildman–Crippen MR) is 119 cm³/mol. The van der Waals surface area contributed by atoms with Gasteiger partial charge in [0.25, 0.3) is 5.88 Å². The Morgan fingerprint density at radius 1 is 1.16 bits per heavy atom. The van der Waals surface area contributed by atoms with Crippen LogP contribution in [0, 0.1) is 0 Å². The highest BCUT2D eigenvalue weighted by Gasteiger charge is 2.21. The molecular weight excluding hydrogens is 408 g/mol. The van der Waals surface area contributed by atoms with Gasteiger partial charge in [-0.25, -0.2) is 4.68 Å². The van der Waals surface area contributed by atoms with E-state index in [2.05, 4.69) is 16.3 Å². The van der Waals surface area contributed by atoms with Gasteiger partial charge in [0.05, 0.1) is 19.0 Å². The summed E-state index contributed by atoms with van der Waals surface area (Å²) >= 11 is 0. The summed E-state index contributed by atoms with van der Waals surface area (Å²) in [4.78, 5) is 12.7. The van der Waals surface area contributed by atoms with E-state index >= 15 is 0 Å². The summed E-state index contributed by atoms with van der Waals surface area (Å²) < 4.78 is 20.0. The summed E-state index contributed by atoms with van der Waals surface area (Å²) in [5.41, 5.74) is 2.27. The molecule has 1 aliphatic heterocycles. The largest absolute Gasteiger partial charge is 0.497 e. The van der Waals surface area contributed by atoms with E-state index in [0.29, 0.717) is 23.1 Å². The third-order valence-electron chi connectivity index (χ3n) is 5.11. The zero-order valence-corrected chi connectivity index (χ0v) is 17.3. The molecule has 1 aliphatic carbocycles. The predicted octanol–water partition coefficient (Wildman–Crippen LogP) is 4.03. The molecule has 1 aromatic carbocycles. The molecule has 0 radical (unpaired) electrons. The SMILES string of the molecule is COc1cccc(-n2ccc(=O)c(-c3ccnn3C3=COC=C(C4=CC=CCC4)O3)n2)c1. The maximum absolute atomic E-state index is 12.7.